The van der Waals surface area contributed by atoms with Gasteiger partial charge in [-0.15, -0.1) is 0 Å². The third kappa shape index (κ3) is 3.80. The molecule has 15 heavy (non-hydrogen) atoms. The minimum atomic E-state index is -0.268. The number of hydrogen-bond donors (Lipinski definition) is 1. The second-order valence-corrected chi connectivity index (χ2v) is 4.68. The lowest BCUT2D eigenvalue weighted by Gasteiger charge is -2.14. The number of rotatable bonds is 4. The van der Waals surface area contributed by atoms with E-state index in [1.54, 1.807) is 6.07 Å². The topological polar surface area (TPSA) is 26.0 Å². The lowest BCUT2D eigenvalue weighted by molar-refractivity contribution is 0.491. The number of halogens is 2. The predicted molar refractivity (Wildman–Crippen MR) is 62.4 cm³/mol. The zero-order chi connectivity index (χ0) is 11.4. The maximum Gasteiger partial charge on any atom is 0.128 e. The highest BCUT2D eigenvalue weighted by molar-refractivity contribution is 6.30. The molecule has 0 amide bonds. The van der Waals surface area contributed by atoms with Crippen molar-refractivity contribution >= 4 is 11.6 Å². The summed E-state index contributed by atoms with van der Waals surface area (Å²) in [6, 6.07) is 4.26. The molecule has 1 aromatic carbocycles. The van der Waals surface area contributed by atoms with Crippen LogP contribution in [0.4, 0.5) is 4.39 Å². The zero-order valence-electron chi connectivity index (χ0n) is 9.13. The van der Waals surface area contributed by atoms with Crippen LogP contribution in [0.1, 0.15) is 38.3 Å². The van der Waals surface area contributed by atoms with Crippen molar-refractivity contribution in [2.24, 2.45) is 11.7 Å². The molecule has 0 aromatic heterocycles. The lowest BCUT2D eigenvalue weighted by atomic mass is 9.98. The Morgan fingerprint density at radius 2 is 2.00 bits per heavy atom. The molecular formula is C12H17ClFN. The van der Waals surface area contributed by atoms with Crippen LogP contribution in [0.15, 0.2) is 18.2 Å². The van der Waals surface area contributed by atoms with Crippen LogP contribution in [0.3, 0.4) is 0 Å². The number of nitrogens with two attached hydrogens (primary N) is 1. The molecule has 0 spiro atoms. The fraction of sp³-hybridized carbons (Fsp3) is 0.500. The van der Waals surface area contributed by atoms with Crippen LogP contribution < -0.4 is 5.73 Å². The van der Waals surface area contributed by atoms with Crippen LogP contribution in [0, 0.1) is 11.7 Å². The molecule has 1 unspecified atom stereocenters. The first-order valence-corrected chi connectivity index (χ1v) is 5.59. The summed E-state index contributed by atoms with van der Waals surface area (Å²) in [7, 11) is 0. The summed E-state index contributed by atoms with van der Waals surface area (Å²) in [5.41, 5.74) is 6.43. The second-order valence-electron chi connectivity index (χ2n) is 4.24. The van der Waals surface area contributed by atoms with Crippen molar-refractivity contribution in [2.75, 3.05) is 0 Å². The van der Waals surface area contributed by atoms with Crippen molar-refractivity contribution in [3.8, 4) is 0 Å². The third-order valence-corrected chi connectivity index (χ3v) is 2.65. The van der Waals surface area contributed by atoms with Gasteiger partial charge in [-0.25, -0.2) is 4.39 Å². The Bertz CT molecular complexity index is 325. The molecule has 1 atom stereocenters. The lowest BCUT2D eigenvalue weighted by Crippen LogP contribution is -2.13. The maximum absolute atomic E-state index is 13.4. The van der Waals surface area contributed by atoms with Crippen LogP contribution in [-0.2, 0) is 0 Å². The van der Waals surface area contributed by atoms with Gasteiger partial charge in [-0.2, -0.15) is 0 Å². The summed E-state index contributed by atoms with van der Waals surface area (Å²) >= 11 is 5.80. The molecule has 1 nitrogen and oxygen atoms in total. The van der Waals surface area contributed by atoms with Crippen molar-refractivity contribution in [3.63, 3.8) is 0 Å². The summed E-state index contributed by atoms with van der Waals surface area (Å²) in [6.07, 6.45) is 1.78. The molecule has 0 radical (unpaired) electrons. The summed E-state index contributed by atoms with van der Waals surface area (Å²) in [5.74, 6) is 0.314. The maximum atomic E-state index is 13.4. The summed E-state index contributed by atoms with van der Waals surface area (Å²) in [6.45, 7) is 4.25. The van der Waals surface area contributed by atoms with E-state index < -0.39 is 0 Å². The molecule has 3 heteroatoms. The van der Waals surface area contributed by atoms with Gasteiger partial charge in [0.1, 0.15) is 5.82 Å². The molecule has 84 valence electrons. The molecule has 0 heterocycles. The Morgan fingerprint density at radius 3 is 2.60 bits per heavy atom. The van der Waals surface area contributed by atoms with E-state index in [0.29, 0.717) is 16.5 Å². The van der Waals surface area contributed by atoms with Gasteiger partial charge in [-0.05, 0) is 37.0 Å². The first kappa shape index (κ1) is 12.5. The molecule has 1 rings (SSSR count). The largest absolute Gasteiger partial charge is 0.324 e. The molecule has 1 aromatic rings. The summed E-state index contributed by atoms with van der Waals surface area (Å²) in [4.78, 5) is 0. The molecule has 0 saturated heterocycles. The van der Waals surface area contributed by atoms with Gasteiger partial charge in [0.25, 0.3) is 0 Å². The fourth-order valence-electron chi connectivity index (χ4n) is 1.47. The molecule has 0 aliphatic carbocycles. The quantitative estimate of drug-likeness (QED) is 0.832. The Kier molecular flexibility index (Phi) is 4.55. The Labute approximate surface area is 95.4 Å². The summed E-state index contributed by atoms with van der Waals surface area (Å²) in [5, 5.41) is 0.534. The van der Waals surface area contributed by atoms with Gasteiger partial charge in [0.05, 0.1) is 0 Å². The summed E-state index contributed by atoms with van der Waals surface area (Å²) < 4.78 is 13.4. The van der Waals surface area contributed by atoms with Crippen LogP contribution in [0.25, 0.3) is 0 Å². The van der Waals surface area contributed by atoms with E-state index in [9.17, 15) is 4.39 Å². The van der Waals surface area contributed by atoms with E-state index in [1.807, 2.05) is 0 Å². The molecule has 0 aliphatic rings. The molecular weight excluding hydrogens is 213 g/mol. The van der Waals surface area contributed by atoms with Gasteiger partial charge in [-0.1, -0.05) is 25.4 Å². The number of hydrogen-bond acceptors (Lipinski definition) is 1. The second kappa shape index (κ2) is 5.47. The monoisotopic (exact) mass is 229 g/mol. The van der Waals surface area contributed by atoms with Crippen molar-refractivity contribution in [2.45, 2.75) is 32.7 Å². The number of benzene rings is 1. The van der Waals surface area contributed by atoms with E-state index in [2.05, 4.69) is 13.8 Å². The van der Waals surface area contributed by atoms with E-state index in [0.717, 1.165) is 12.8 Å². The highest BCUT2D eigenvalue weighted by Gasteiger charge is 2.12. The highest BCUT2D eigenvalue weighted by Crippen LogP contribution is 2.24. The first-order valence-electron chi connectivity index (χ1n) is 5.21. The molecule has 2 N–H and O–H groups in total. The minimum Gasteiger partial charge on any atom is -0.324 e. The van der Waals surface area contributed by atoms with Crippen LogP contribution in [-0.4, -0.2) is 0 Å². The van der Waals surface area contributed by atoms with E-state index in [-0.39, 0.29) is 11.9 Å². The standard InChI is InChI=1S/C12H17ClFN/c1-8(2)3-6-12(15)10-7-9(13)4-5-11(10)14/h4-5,7-8,12H,3,6,15H2,1-2H3. The Morgan fingerprint density at radius 1 is 1.33 bits per heavy atom. The zero-order valence-corrected chi connectivity index (χ0v) is 9.89. The smallest absolute Gasteiger partial charge is 0.128 e. The van der Waals surface area contributed by atoms with Crippen molar-refractivity contribution < 1.29 is 4.39 Å². The van der Waals surface area contributed by atoms with E-state index in [1.165, 1.54) is 12.1 Å². The Hall–Kier alpha value is -0.600. The van der Waals surface area contributed by atoms with E-state index >= 15 is 0 Å². The fourth-order valence-corrected chi connectivity index (χ4v) is 1.65. The SMILES string of the molecule is CC(C)CCC(N)c1cc(Cl)ccc1F. The van der Waals surface area contributed by atoms with Crippen molar-refractivity contribution in [1.29, 1.82) is 0 Å². The average molecular weight is 230 g/mol. The van der Waals surface area contributed by atoms with Gasteiger partial charge in [0, 0.05) is 16.6 Å². The average Bonchev–Trinajstić information content (AvgIpc) is 2.18. The third-order valence-electron chi connectivity index (χ3n) is 2.41. The predicted octanol–water partition coefficient (Wildman–Crippen LogP) is 3.92. The van der Waals surface area contributed by atoms with Gasteiger partial charge >= 0.3 is 0 Å². The molecule has 0 fully saturated rings. The minimum absolute atomic E-state index is 0.258. The molecule has 0 bridgehead atoms. The first-order chi connectivity index (χ1) is 7.00. The van der Waals surface area contributed by atoms with Gasteiger partial charge in [-0.3, -0.25) is 0 Å². The van der Waals surface area contributed by atoms with E-state index in [4.69, 9.17) is 17.3 Å². The van der Waals surface area contributed by atoms with Crippen LogP contribution in [0.5, 0.6) is 0 Å². The highest BCUT2D eigenvalue weighted by atomic mass is 35.5. The van der Waals surface area contributed by atoms with Crippen molar-refractivity contribution in [1.82, 2.24) is 0 Å². The molecule has 0 saturated carbocycles. The van der Waals surface area contributed by atoms with Gasteiger partial charge in [0.2, 0.25) is 0 Å². The van der Waals surface area contributed by atoms with Crippen molar-refractivity contribution in [3.05, 3.63) is 34.6 Å². The Balaban J connectivity index is 2.72. The normalized spacial score (nSPS) is 13.2. The van der Waals surface area contributed by atoms with Gasteiger partial charge in [0.15, 0.2) is 0 Å². The van der Waals surface area contributed by atoms with Crippen LogP contribution in [0.2, 0.25) is 5.02 Å². The molecule has 0 aliphatic heterocycles. The van der Waals surface area contributed by atoms with Gasteiger partial charge < -0.3 is 5.73 Å². The van der Waals surface area contributed by atoms with Crippen LogP contribution >= 0.6 is 11.6 Å².